The molecule has 3 rings (SSSR count). The molecule has 0 atom stereocenters. The highest BCUT2D eigenvalue weighted by molar-refractivity contribution is 7.71. The Balaban J connectivity index is 1.72. The van der Waals surface area contributed by atoms with Crippen LogP contribution in [0.15, 0.2) is 59.7 Å². The van der Waals surface area contributed by atoms with Gasteiger partial charge in [0.15, 0.2) is 5.82 Å². The van der Waals surface area contributed by atoms with E-state index in [0.717, 1.165) is 22.7 Å². The molecule has 0 radical (unpaired) electrons. The molecule has 0 amide bonds. The van der Waals surface area contributed by atoms with Gasteiger partial charge in [-0.2, -0.15) is 14.9 Å². The van der Waals surface area contributed by atoms with E-state index < -0.39 is 0 Å². The van der Waals surface area contributed by atoms with Gasteiger partial charge in [0.05, 0.1) is 12.8 Å². The predicted octanol–water partition coefficient (Wildman–Crippen LogP) is 4.45. The average Bonchev–Trinajstić information content (AvgIpc) is 2.99. The standard InChI is InChI=1S/C20H22N4OS/c1-15(2)14-25-18-10-8-17(9-11-18)13-21-24-19(22-23-20(24)26)12-16-6-4-3-5-7-16/h3-11,13,15H,12,14H2,1-2H3,(H,23,26)/b21-13-. The summed E-state index contributed by atoms with van der Waals surface area (Å²) in [6.45, 7) is 4.96. The molecule has 0 saturated carbocycles. The van der Waals surface area contributed by atoms with Crippen LogP contribution in [0.4, 0.5) is 0 Å². The number of hydrogen-bond donors (Lipinski definition) is 1. The van der Waals surface area contributed by atoms with Gasteiger partial charge in [-0.05, 0) is 53.5 Å². The highest BCUT2D eigenvalue weighted by Crippen LogP contribution is 2.13. The lowest BCUT2D eigenvalue weighted by Crippen LogP contribution is -2.04. The number of benzene rings is 2. The Labute approximate surface area is 158 Å². The zero-order valence-corrected chi connectivity index (χ0v) is 15.7. The molecular formula is C20H22N4OS. The van der Waals surface area contributed by atoms with Crippen LogP contribution in [0.5, 0.6) is 5.75 Å². The second-order valence-corrected chi connectivity index (χ2v) is 6.82. The van der Waals surface area contributed by atoms with E-state index in [1.54, 1.807) is 10.9 Å². The van der Waals surface area contributed by atoms with E-state index in [1.807, 2.05) is 42.5 Å². The maximum atomic E-state index is 5.70. The summed E-state index contributed by atoms with van der Waals surface area (Å²) in [7, 11) is 0. The quantitative estimate of drug-likeness (QED) is 0.496. The van der Waals surface area contributed by atoms with Crippen LogP contribution in [-0.2, 0) is 6.42 Å². The predicted molar refractivity (Wildman–Crippen MR) is 106 cm³/mol. The molecule has 2 aromatic carbocycles. The normalized spacial score (nSPS) is 11.3. The van der Waals surface area contributed by atoms with Crippen molar-refractivity contribution in [1.82, 2.24) is 14.9 Å². The molecule has 0 bridgehead atoms. The van der Waals surface area contributed by atoms with Crippen LogP contribution >= 0.6 is 12.2 Å². The fraction of sp³-hybridized carbons (Fsp3) is 0.250. The first-order valence-corrected chi connectivity index (χ1v) is 9.00. The highest BCUT2D eigenvalue weighted by atomic mass is 32.1. The Morgan fingerprint density at radius 3 is 2.58 bits per heavy atom. The zero-order valence-electron chi connectivity index (χ0n) is 14.9. The first kappa shape index (κ1) is 18.1. The molecule has 0 aliphatic carbocycles. The summed E-state index contributed by atoms with van der Waals surface area (Å²) in [6.07, 6.45) is 2.43. The lowest BCUT2D eigenvalue weighted by molar-refractivity contribution is 0.271. The van der Waals surface area contributed by atoms with Gasteiger partial charge in [-0.3, -0.25) is 5.10 Å². The number of rotatable bonds is 7. The number of H-pyrrole nitrogens is 1. The number of nitrogens with zero attached hydrogens (tertiary/aromatic N) is 3. The van der Waals surface area contributed by atoms with E-state index in [0.29, 0.717) is 23.7 Å². The van der Waals surface area contributed by atoms with Crippen LogP contribution in [0, 0.1) is 10.7 Å². The van der Waals surface area contributed by atoms with Crippen LogP contribution < -0.4 is 4.74 Å². The first-order chi connectivity index (χ1) is 12.6. The molecule has 1 heterocycles. The van der Waals surface area contributed by atoms with Gasteiger partial charge in [0.2, 0.25) is 4.77 Å². The molecule has 0 aliphatic rings. The molecule has 0 aliphatic heterocycles. The van der Waals surface area contributed by atoms with Crippen molar-refractivity contribution in [2.45, 2.75) is 20.3 Å². The maximum absolute atomic E-state index is 5.70. The Kier molecular flexibility index (Phi) is 5.96. The van der Waals surface area contributed by atoms with Gasteiger partial charge in [-0.15, -0.1) is 0 Å². The Morgan fingerprint density at radius 1 is 1.15 bits per heavy atom. The zero-order chi connectivity index (χ0) is 18.4. The number of ether oxygens (including phenoxy) is 1. The number of nitrogens with one attached hydrogen (secondary N) is 1. The van der Waals surface area contributed by atoms with Crippen molar-refractivity contribution < 1.29 is 4.74 Å². The van der Waals surface area contributed by atoms with Crippen molar-refractivity contribution in [2.24, 2.45) is 11.0 Å². The third-order valence-corrected chi connectivity index (χ3v) is 3.97. The average molecular weight is 366 g/mol. The summed E-state index contributed by atoms with van der Waals surface area (Å²) in [6, 6.07) is 18.0. The summed E-state index contributed by atoms with van der Waals surface area (Å²) in [5.74, 6) is 2.14. The molecule has 134 valence electrons. The van der Waals surface area contributed by atoms with Crippen LogP contribution in [0.1, 0.15) is 30.8 Å². The SMILES string of the molecule is CC(C)COc1ccc(/C=N\n2c(Cc3ccccc3)n[nH]c2=S)cc1. The van der Waals surface area contributed by atoms with Crippen molar-refractivity contribution in [3.05, 3.63) is 76.3 Å². The maximum Gasteiger partial charge on any atom is 0.216 e. The molecule has 1 aromatic heterocycles. The Hall–Kier alpha value is -2.73. The van der Waals surface area contributed by atoms with Crippen molar-refractivity contribution in [1.29, 1.82) is 0 Å². The summed E-state index contributed by atoms with van der Waals surface area (Å²) >= 11 is 5.30. The number of hydrogen-bond acceptors (Lipinski definition) is 4. The molecule has 6 heteroatoms. The summed E-state index contributed by atoms with van der Waals surface area (Å²) in [4.78, 5) is 0. The van der Waals surface area contributed by atoms with Crippen molar-refractivity contribution in [2.75, 3.05) is 6.61 Å². The van der Waals surface area contributed by atoms with Crippen LogP contribution in [0.25, 0.3) is 0 Å². The lowest BCUT2D eigenvalue weighted by atomic mass is 10.1. The van der Waals surface area contributed by atoms with Gasteiger partial charge in [-0.25, -0.2) is 0 Å². The Bertz CT molecular complexity index is 911. The van der Waals surface area contributed by atoms with Crippen LogP contribution in [-0.4, -0.2) is 27.7 Å². The van der Waals surface area contributed by atoms with E-state index in [9.17, 15) is 0 Å². The fourth-order valence-electron chi connectivity index (χ4n) is 2.37. The third-order valence-electron chi connectivity index (χ3n) is 3.71. The van der Waals surface area contributed by atoms with Gasteiger partial charge in [0.1, 0.15) is 5.75 Å². The minimum absolute atomic E-state index is 0.476. The second kappa shape index (κ2) is 8.58. The van der Waals surface area contributed by atoms with Crippen molar-refractivity contribution in [3.8, 4) is 5.75 Å². The summed E-state index contributed by atoms with van der Waals surface area (Å²) in [5.41, 5.74) is 2.13. The minimum atomic E-state index is 0.476. The molecule has 0 spiro atoms. The van der Waals surface area contributed by atoms with E-state index in [2.05, 4.69) is 41.3 Å². The fourth-order valence-corrected chi connectivity index (χ4v) is 2.57. The van der Waals surface area contributed by atoms with E-state index in [1.165, 1.54) is 0 Å². The molecule has 0 unspecified atom stereocenters. The largest absolute Gasteiger partial charge is 0.493 e. The molecule has 0 fully saturated rings. The molecule has 1 N–H and O–H groups in total. The van der Waals surface area contributed by atoms with Gasteiger partial charge >= 0.3 is 0 Å². The minimum Gasteiger partial charge on any atom is -0.493 e. The molecular weight excluding hydrogens is 344 g/mol. The number of aromatic amines is 1. The van der Waals surface area contributed by atoms with E-state index in [-0.39, 0.29) is 0 Å². The second-order valence-electron chi connectivity index (χ2n) is 6.44. The van der Waals surface area contributed by atoms with Crippen LogP contribution in [0.2, 0.25) is 0 Å². The smallest absolute Gasteiger partial charge is 0.216 e. The number of aromatic nitrogens is 3. The molecule has 5 nitrogen and oxygen atoms in total. The Morgan fingerprint density at radius 2 is 1.88 bits per heavy atom. The van der Waals surface area contributed by atoms with Crippen molar-refractivity contribution >= 4 is 18.4 Å². The molecule has 0 saturated heterocycles. The topological polar surface area (TPSA) is 55.2 Å². The van der Waals surface area contributed by atoms with Gasteiger partial charge in [0.25, 0.3) is 0 Å². The van der Waals surface area contributed by atoms with Gasteiger partial charge in [0, 0.05) is 6.42 Å². The third kappa shape index (κ3) is 4.89. The van der Waals surface area contributed by atoms with Crippen LogP contribution in [0.3, 0.4) is 0 Å². The van der Waals surface area contributed by atoms with Crippen molar-refractivity contribution in [3.63, 3.8) is 0 Å². The van der Waals surface area contributed by atoms with Gasteiger partial charge in [-0.1, -0.05) is 44.2 Å². The molecule has 26 heavy (non-hydrogen) atoms. The molecule has 3 aromatic rings. The highest BCUT2D eigenvalue weighted by Gasteiger charge is 2.06. The lowest BCUT2D eigenvalue weighted by Gasteiger charge is -2.08. The van der Waals surface area contributed by atoms with E-state index >= 15 is 0 Å². The monoisotopic (exact) mass is 366 g/mol. The van der Waals surface area contributed by atoms with E-state index in [4.69, 9.17) is 17.0 Å². The summed E-state index contributed by atoms with van der Waals surface area (Å²) in [5, 5.41) is 11.6. The summed E-state index contributed by atoms with van der Waals surface area (Å²) < 4.78 is 7.83. The van der Waals surface area contributed by atoms with Gasteiger partial charge < -0.3 is 4.74 Å². The first-order valence-electron chi connectivity index (χ1n) is 8.59.